The minimum absolute atomic E-state index is 0.138. The van der Waals surface area contributed by atoms with Crippen molar-refractivity contribution in [3.05, 3.63) is 95.4 Å². The number of ether oxygens (including phenoxy) is 2. The lowest BCUT2D eigenvalue weighted by atomic mass is 9.99. The Morgan fingerprint density at radius 3 is 2.44 bits per heavy atom. The molecule has 5 rings (SSSR count). The highest BCUT2D eigenvalue weighted by Crippen LogP contribution is 2.37. The van der Waals surface area contributed by atoms with Crippen molar-refractivity contribution >= 4 is 11.3 Å². The van der Waals surface area contributed by atoms with E-state index in [1.165, 1.54) is 16.9 Å². The van der Waals surface area contributed by atoms with Crippen molar-refractivity contribution in [2.75, 3.05) is 7.11 Å². The van der Waals surface area contributed by atoms with Crippen LogP contribution in [0, 0.1) is 0 Å². The number of nitrogens with zero attached hydrogens (tertiary/aromatic N) is 5. The predicted molar refractivity (Wildman–Crippen MR) is 141 cm³/mol. The van der Waals surface area contributed by atoms with E-state index in [1.54, 1.807) is 18.8 Å². The second-order valence-corrected chi connectivity index (χ2v) is 9.57. The highest BCUT2D eigenvalue weighted by atomic mass is 32.1. The predicted octanol–water partition coefficient (Wildman–Crippen LogP) is 6.22. The molecule has 0 spiro atoms. The molecule has 3 aromatic heterocycles. The molecule has 2 aromatic carbocycles. The molecule has 0 aliphatic heterocycles. The molecular formula is C28H27N5O2S. The number of thiazole rings is 1. The summed E-state index contributed by atoms with van der Waals surface area (Å²) >= 11 is 1.50. The van der Waals surface area contributed by atoms with Crippen molar-refractivity contribution < 1.29 is 9.47 Å². The second-order valence-electron chi connectivity index (χ2n) is 8.68. The zero-order chi connectivity index (χ0) is 24.9. The van der Waals surface area contributed by atoms with E-state index in [2.05, 4.69) is 36.1 Å². The van der Waals surface area contributed by atoms with Gasteiger partial charge in [0.05, 0.1) is 35.9 Å². The number of benzene rings is 2. The van der Waals surface area contributed by atoms with Crippen molar-refractivity contribution in [3.63, 3.8) is 0 Å². The van der Waals surface area contributed by atoms with Gasteiger partial charge < -0.3 is 9.47 Å². The van der Waals surface area contributed by atoms with Gasteiger partial charge in [0, 0.05) is 23.5 Å². The first-order chi connectivity index (χ1) is 17.6. The summed E-state index contributed by atoms with van der Waals surface area (Å²) in [6, 6.07) is 18.1. The Bertz CT molecular complexity index is 1410. The fourth-order valence-corrected chi connectivity index (χ4v) is 4.51. The third-order valence-corrected chi connectivity index (χ3v) is 6.54. The Kier molecular flexibility index (Phi) is 7.04. The summed E-state index contributed by atoms with van der Waals surface area (Å²) in [6.45, 7) is 5.33. The molecule has 0 fully saturated rings. The minimum Gasteiger partial charge on any atom is -0.497 e. The third kappa shape index (κ3) is 5.28. The molecule has 36 heavy (non-hydrogen) atoms. The fourth-order valence-electron chi connectivity index (χ4n) is 3.95. The summed E-state index contributed by atoms with van der Waals surface area (Å²) in [5, 5.41) is 4.61. The maximum Gasteiger partial charge on any atom is 0.221 e. The standard InChI is InChI=1S/C28H27N5O2S/c1-19(2)25-26(22-13-30-33(16-22)15-20-7-5-4-6-8-20)31-27(24-14-29-18-36-24)32-28(25)35-17-21-9-11-23(34-3)12-10-21/h4-14,16,18-19H,15,17H2,1-3H3. The summed E-state index contributed by atoms with van der Waals surface area (Å²) in [6.07, 6.45) is 5.68. The van der Waals surface area contributed by atoms with E-state index >= 15 is 0 Å². The van der Waals surface area contributed by atoms with Crippen LogP contribution in [-0.2, 0) is 13.2 Å². The van der Waals surface area contributed by atoms with E-state index in [0.29, 0.717) is 24.9 Å². The topological polar surface area (TPSA) is 75.0 Å². The Balaban J connectivity index is 1.52. The lowest BCUT2D eigenvalue weighted by Crippen LogP contribution is -2.07. The second kappa shape index (κ2) is 10.7. The Hall–Kier alpha value is -4.04. The van der Waals surface area contributed by atoms with Crippen molar-refractivity contribution in [3.8, 4) is 33.6 Å². The fraction of sp³-hybridized carbons (Fsp3) is 0.214. The van der Waals surface area contributed by atoms with Crippen LogP contribution in [0.5, 0.6) is 11.6 Å². The maximum atomic E-state index is 6.33. The van der Waals surface area contributed by atoms with Gasteiger partial charge in [-0.1, -0.05) is 56.3 Å². The summed E-state index contributed by atoms with van der Waals surface area (Å²) in [5.41, 5.74) is 6.71. The normalized spacial score (nSPS) is 11.1. The van der Waals surface area contributed by atoms with Crippen LogP contribution in [0.3, 0.4) is 0 Å². The highest BCUT2D eigenvalue weighted by molar-refractivity contribution is 7.13. The molecule has 0 saturated heterocycles. The Morgan fingerprint density at radius 1 is 0.944 bits per heavy atom. The van der Waals surface area contributed by atoms with Crippen molar-refractivity contribution in [1.29, 1.82) is 0 Å². The number of aromatic nitrogens is 5. The van der Waals surface area contributed by atoms with E-state index in [4.69, 9.17) is 19.4 Å². The average Bonchev–Trinajstić information content (AvgIpc) is 3.60. The molecule has 0 aliphatic rings. The van der Waals surface area contributed by atoms with Gasteiger partial charge in [-0.3, -0.25) is 9.67 Å². The summed E-state index contributed by atoms with van der Waals surface area (Å²) in [5.74, 6) is 2.12. The average molecular weight is 498 g/mol. The quantitative estimate of drug-likeness (QED) is 0.241. The molecule has 182 valence electrons. The van der Waals surface area contributed by atoms with Gasteiger partial charge >= 0.3 is 0 Å². The van der Waals surface area contributed by atoms with Crippen LogP contribution >= 0.6 is 11.3 Å². The van der Waals surface area contributed by atoms with Gasteiger partial charge in [-0.2, -0.15) is 10.1 Å². The highest BCUT2D eigenvalue weighted by Gasteiger charge is 2.22. The molecule has 5 aromatic rings. The molecular weight excluding hydrogens is 470 g/mol. The molecule has 0 radical (unpaired) electrons. The first-order valence-electron chi connectivity index (χ1n) is 11.7. The molecule has 3 heterocycles. The monoisotopic (exact) mass is 497 g/mol. The zero-order valence-electron chi connectivity index (χ0n) is 20.5. The first-order valence-corrected chi connectivity index (χ1v) is 12.6. The molecule has 0 N–H and O–H groups in total. The smallest absolute Gasteiger partial charge is 0.221 e. The van der Waals surface area contributed by atoms with Gasteiger partial charge in [0.25, 0.3) is 0 Å². The molecule has 0 bridgehead atoms. The van der Waals surface area contributed by atoms with Gasteiger partial charge in [0.2, 0.25) is 5.88 Å². The van der Waals surface area contributed by atoms with Crippen LogP contribution in [0.2, 0.25) is 0 Å². The molecule has 0 amide bonds. The molecule has 7 nitrogen and oxygen atoms in total. The minimum atomic E-state index is 0.138. The number of hydrogen-bond acceptors (Lipinski definition) is 7. The Morgan fingerprint density at radius 2 is 1.75 bits per heavy atom. The van der Waals surface area contributed by atoms with Crippen molar-refractivity contribution in [1.82, 2.24) is 24.7 Å². The molecule has 0 aliphatic carbocycles. The Labute approximate surface area is 214 Å². The van der Waals surface area contributed by atoms with E-state index in [-0.39, 0.29) is 5.92 Å². The van der Waals surface area contributed by atoms with E-state index in [9.17, 15) is 0 Å². The lowest BCUT2D eigenvalue weighted by Gasteiger charge is -2.17. The first kappa shape index (κ1) is 23.7. The number of hydrogen-bond donors (Lipinski definition) is 0. The number of methoxy groups -OCH3 is 1. The third-order valence-electron chi connectivity index (χ3n) is 5.77. The van der Waals surface area contributed by atoms with Gasteiger partial charge in [-0.05, 0) is 29.2 Å². The van der Waals surface area contributed by atoms with Crippen molar-refractivity contribution in [2.45, 2.75) is 32.9 Å². The molecule has 0 atom stereocenters. The maximum absolute atomic E-state index is 6.33. The largest absolute Gasteiger partial charge is 0.497 e. The summed E-state index contributed by atoms with van der Waals surface area (Å²) in [7, 11) is 1.66. The van der Waals surface area contributed by atoms with Crippen LogP contribution in [0.25, 0.3) is 22.0 Å². The number of rotatable bonds is 9. The summed E-state index contributed by atoms with van der Waals surface area (Å²) < 4.78 is 13.5. The van der Waals surface area contributed by atoms with E-state index < -0.39 is 0 Å². The van der Waals surface area contributed by atoms with Crippen LogP contribution in [0.4, 0.5) is 0 Å². The SMILES string of the molecule is COc1ccc(COc2nc(-c3cncs3)nc(-c3cnn(Cc4ccccc4)c3)c2C(C)C)cc1. The van der Waals surface area contributed by atoms with Crippen molar-refractivity contribution in [2.24, 2.45) is 0 Å². The van der Waals surface area contributed by atoms with Crippen LogP contribution in [-0.4, -0.2) is 31.8 Å². The molecule has 0 saturated carbocycles. The molecule has 8 heteroatoms. The van der Waals surface area contributed by atoms with Gasteiger partial charge in [0.15, 0.2) is 5.82 Å². The van der Waals surface area contributed by atoms with Gasteiger partial charge in [0.1, 0.15) is 12.4 Å². The van der Waals surface area contributed by atoms with Gasteiger partial charge in [-0.15, -0.1) is 11.3 Å². The van der Waals surface area contributed by atoms with Gasteiger partial charge in [-0.25, -0.2) is 4.98 Å². The van der Waals surface area contributed by atoms with Crippen LogP contribution in [0.1, 0.15) is 36.5 Å². The van der Waals surface area contributed by atoms with Crippen LogP contribution in [0.15, 0.2) is 78.7 Å². The molecule has 0 unspecified atom stereocenters. The zero-order valence-corrected chi connectivity index (χ0v) is 21.3. The van der Waals surface area contributed by atoms with E-state index in [1.807, 2.05) is 59.5 Å². The van der Waals surface area contributed by atoms with E-state index in [0.717, 1.165) is 33.0 Å². The lowest BCUT2D eigenvalue weighted by molar-refractivity contribution is 0.289. The summed E-state index contributed by atoms with van der Waals surface area (Å²) in [4.78, 5) is 14.9. The van der Waals surface area contributed by atoms with Crippen LogP contribution < -0.4 is 9.47 Å².